The number of halogens is 1. The van der Waals surface area contributed by atoms with Crippen molar-refractivity contribution in [2.24, 2.45) is 0 Å². The van der Waals surface area contributed by atoms with Crippen molar-refractivity contribution in [3.8, 4) is 5.75 Å². The van der Waals surface area contributed by atoms with Gasteiger partial charge in [0.1, 0.15) is 5.75 Å². The summed E-state index contributed by atoms with van der Waals surface area (Å²) in [6, 6.07) is 4.11. The van der Waals surface area contributed by atoms with Crippen LogP contribution in [0.3, 0.4) is 0 Å². The minimum Gasteiger partial charge on any atom is -0.489 e. The molecule has 1 heterocycles. The fourth-order valence-corrected chi connectivity index (χ4v) is 3.40. The Morgan fingerprint density at radius 3 is 2.74 bits per heavy atom. The van der Waals surface area contributed by atoms with Gasteiger partial charge in [0.15, 0.2) is 0 Å². The number of benzene rings is 1. The zero-order valence-corrected chi connectivity index (χ0v) is 12.7. The smallest absolute Gasteiger partial charge is 0.227 e. The number of hydrogen-bond acceptors (Lipinski definition) is 2. The van der Waals surface area contributed by atoms with E-state index in [1.807, 2.05) is 13.1 Å². The maximum atomic E-state index is 11.8. The van der Waals surface area contributed by atoms with Crippen molar-refractivity contribution in [1.82, 2.24) is 0 Å². The molecule has 1 aliphatic carbocycles. The van der Waals surface area contributed by atoms with Gasteiger partial charge in [-0.15, -0.1) is 0 Å². The Morgan fingerprint density at radius 1 is 1.26 bits per heavy atom. The number of carbonyl (C=O) groups excluding carboxylic acids is 1. The molecule has 2 aliphatic rings. The first-order valence-corrected chi connectivity index (χ1v) is 7.70. The predicted molar refractivity (Wildman–Crippen MR) is 78.8 cm³/mol. The first-order valence-electron chi connectivity index (χ1n) is 6.91. The molecule has 1 aromatic rings. The van der Waals surface area contributed by atoms with Crippen molar-refractivity contribution in [3.63, 3.8) is 0 Å². The second kappa shape index (κ2) is 5.16. The normalized spacial score (nSPS) is 19.7. The molecule has 0 saturated heterocycles. The molecule has 0 N–H and O–H groups in total. The average molecular weight is 324 g/mol. The zero-order valence-electron chi connectivity index (χ0n) is 11.1. The van der Waals surface area contributed by atoms with Crippen LogP contribution in [0.2, 0.25) is 0 Å². The lowest BCUT2D eigenvalue weighted by atomic mass is 10.0. The van der Waals surface area contributed by atoms with Crippen LogP contribution in [0.5, 0.6) is 5.75 Å². The number of amides is 1. The number of hydrogen-bond donors (Lipinski definition) is 0. The Labute approximate surface area is 122 Å². The van der Waals surface area contributed by atoms with Crippen LogP contribution >= 0.6 is 15.9 Å². The lowest BCUT2D eigenvalue weighted by Crippen LogP contribution is -2.31. The van der Waals surface area contributed by atoms with Crippen LogP contribution in [-0.2, 0) is 11.2 Å². The monoisotopic (exact) mass is 323 g/mol. The molecule has 0 radical (unpaired) electrons. The van der Waals surface area contributed by atoms with Crippen LogP contribution in [0.15, 0.2) is 16.6 Å². The quantitative estimate of drug-likeness (QED) is 0.830. The maximum absolute atomic E-state index is 11.8. The molecule has 0 atom stereocenters. The Hall–Kier alpha value is -1.03. The first-order chi connectivity index (χ1) is 9.15. The van der Waals surface area contributed by atoms with Gasteiger partial charge in [0.05, 0.1) is 16.3 Å². The van der Waals surface area contributed by atoms with E-state index in [0.29, 0.717) is 12.5 Å². The van der Waals surface area contributed by atoms with Gasteiger partial charge in [-0.25, -0.2) is 0 Å². The van der Waals surface area contributed by atoms with E-state index in [1.54, 1.807) is 4.90 Å². The van der Waals surface area contributed by atoms with E-state index >= 15 is 0 Å². The fourth-order valence-electron chi connectivity index (χ4n) is 2.92. The largest absolute Gasteiger partial charge is 0.489 e. The van der Waals surface area contributed by atoms with Crippen molar-refractivity contribution in [2.75, 3.05) is 11.9 Å². The minimum atomic E-state index is 0.182. The number of fused-ring (bicyclic) bond motifs is 1. The second-order valence-electron chi connectivity index (χ2n) is 5.39. The number of anilines is 1. The van der Waals surface area contributed by atoms with Gasteiger partial charge >= 0.3 is 0 Å². The Kier molecular flexibility index (Phi) is 3.52. The SMILES string of the molecule is CN1C(=O)CCc2cc(Br)c(OC3CCCC3)cc21. The summed E-state index contributed by atoms with van der Waals surface area (Å²) in [7, 11) is 1.84. The van der Waals surface area contributed by atoms with Gasteiger partial charge in [0.25, 0.3) is 0 Å². The van der Waals surface area contributed by atoms with Crippen molar-refractivity contribution in [3.05, 3.63) is 22.2 Å². The number of aryl methyl sites for hydroxylation is 1. The van der Waals surface area contributed by atoms with Crippen molar-refractivity contribution in [1.29, 1.82) is 0 Å². The summed E-state index contributed by atoms with van der Waals surface area (Å²) in [4.78, 5) is 13.5. The van der Waals surface area contributed by atoms with Gasteiger partial charge in [0.2, 0.25) is 5.91 Å². The molecule has 0 bridgehead atoms. The lowest BCUT2D eigenvalue weighted by molar-refractivity contribution is -0.118. The van der Waals surface area contributed by atoms with Crippen LogP contribution in [0.4, 0.5) is 5.69 Å². The Bertz CT molecular complexity index is 509. The third-order valence-corrected chi connectivity index (χ3v) is 4.69. The molecule has 0 spiro atoms. The number of rotatable bonds is 2. The molecule has 102 valence electrons. The summed E-state index contributed by atoms with van der Waals surface area (Å²) >= 11 is 3.59. The van der Waals surface area contributed by atoms with Crippen LogP contribution < -0.4 is 9.64 Å². The van der Waals surface area contributed by atoms with E-state index < -0.39 is 0 Å². The summed E-state index contributed by atoms with van der Waals surface area (Å²) < 4.78 is 7.07. The summed E-state index contributed by atoms with van der Waals surface area (Å²) in [5.74, 6) is 1.05. The number of ether oxygens (including phenoxy) is 1. The molecule has 1 aromatic carbocycles. The summed E-state index contributed by atoms with van der Waals surface area (Å²) in [5.41, 5.74) is 2.21. The summed E-state index contributed by atoms with van der Waals surface area (Å²) in [6.45, 7) is 0. The average Bonchev–Trinajstić information content (AvgIpc) is 2.89. The van der Waals surface area contributed by atoms with Crippen molar-refractivity contribution in [2.45, 2.75) is 44.6 Å². The highest BCUT2D eigenvalue weighted by Gasteiger charge is 2.24. The van der Waals surface area contributed by atoms with Gasteiger partial charge in [-0.2, -0.15) is 0 Å². The molecule has 1 fully saturated rings. The van der Waals surface area contributed by atoms with Crippen LogP contribution in [-0.4, -0.2) is 19.1 Å². The van der Waals surface area contributed by atoms with E-state index in [9.17, 15) is 4.79 Å². The van der Waals surface area contributed by atoms with Gasteiger partial charge in [-0.3, -0.25) is 4.79 Å². The highest BCUT2D eigenvalue weighted by atomic mass is 79.9. The van der Waals surface area contributed by atoms with E-state index in [1.165, 1.54) is 18.4 Å². The van der Waals surface area contributed by atoms with E-state index in [4.69, 9.17) is 4.74 Å². The molecule has 1 saturated carbocycles. The van der Waals surface area contributed by atoms with Crippen molar-refractivity contribution < 1.29 is 9.53 Å². The molecular formula is C15H18BrNO2. The van der Waals surface area contributed by atoms with Crippen LogP contribution in [0, 0.1) is 0 Å². The molecule has 3 nitrogen and oxygen atoms in total. The van der Waals surface area contributed by atoms with E-state index in [2.05, 4.69) is 22.0 Å². The number of carbonyl (C=O) groups is 1. The second-order valence-corrected chi connectivity index (χ2v) is 6.24. The zero-order chi connectivity index (χ0) is 13.4. The minimum absolute atomic E-state index is 0.182. The van der Waals surface area contributed by atoms with Gasteiger partial charge in [0, 0.05) is 19.5 Å². The van der Waals surface area contributed by atoms with E-state index in [-0.39, 0.29) is 5.91 Å². The topological polar surface area (TPSA) is 29.5 Å². The summed E-state index contributed by atoms with van der Waals surface area (Å²) in [6.07, 6.45) is 6.53. The molecular weight excluding hydrogens is 306 g/mol. The highest BCUT2D eigenvalue weighted by Crippen LogP contribution is 2.38. The molecule has 1 amide bonds. The summed E-state index contributed by atoms with van der Waals surface area (Å²) in [5, 5.41) is 0. The Balaban J connectivity index is 1.90. The standard InChI is InChI=1S/C15H18BrNO2/c1-17-13-9-14(19-11-4-2-3-5-11)12(16)8-10(13)6-7-15(17)18/h8-9,11H,2-7H2,1H3. The van der Waals surface area contributed by atoms with Gasteiger partial charge in [-0.1, -0.05) is 0 Å². The first kappa shape index (κ1) is 13.0. The predicted octanol–water partition coefficient (Wildman–Crippen LogP) is 3.68. The molecule has 0 aromatic heterocycles. The fraction of sp³-hybridized carbons (Fsp3) is 0.533. The molecule has 3 rings (SSSR count). The molecule has 4 heteroatoms. The van der Waals surface area contributed by atoms with E-state index in [0.717, 1.165) is 35.2 Å². The van der Waals surface area contributed by atoms with Gasteiger partial charge < -0.3 is 9.64 Å². The number of nitrogens with zero attached hydrogens (tertiary/aromatic N) is 1. The van der Waals surface area contributed by atoms with Crippen molar-refractivity contribution >= 4 is 27.5 Å². The lowest BCUT2D eigenvalue weighted by Gasteiger charge is -2.27. The molecule has 0 unspecified atom stereocenters. The molecule has 1 aliphatic heterocycles. The third-order valence-electron chi connectivity index (χ3n) is 4.07. The van der Waals surface area contributed by atoms with Gasteiger partial charge in [-0.05, 0) is 59.7 Å². The third kappa shape index (κ3) is 2.50. The molecule has 19 heavy (non-hydrogen) atoms. The maximum Gasteiger partial charge on any atom is 0.227 e. The Morgan fingerprint density at radius 2 is 2.00 bits per heavy atom. The van der Waals surface area contributed by atoms with Crippen LogP contribution in [0.1, 0.15) is 37.7 Å². The van der Waals surface area contributed by atoms with Crippen LogP contribution in [0.25, 0.3) is 0 Å². The highest BCUT2D eigenvalue weighted by molar-refractivity contribution is 9.10.